The number of hydrogen-bond acceptors (Lipinski definition) is 4. The Morgan fingerprint density at radius 1 is 0.857 bits per heavy atom. The minimum absolute atomic E-state index is 0.248. The van der Waals surface area contributed by atoms with E-state index in [0.29, 0.717) is 23.7 Å². The summed E-state index contributed by atoms with van der Waals surface area (Å²) in [5, 5.41) is 3.06. The maximum absolute atomic E-state index is 13.9. The van der Waals surface area contributed by atoms with Gasteiger partial charge in [0, 0.05) is 18.0 Å². The molecule has 0 radical (unpaired) electrons. The molecule has 2 amide bonds. The minimum atomic E-state index is -0.333. The number of carbonyl (C=O) groups is 1. The van der Waals surface area contributed by atoms with Gasteiger partial charge in [0.2, 0.25) is 0 Å². The number of anilines is 1. The molecule has 1 aliphatic rings. The number of rotatable bonds is 5. The molecule has 178 valence electrons. The zero-order chi connectivity index (χ0) is 24.4. The van der Waals surface area contributed by atoms with Gasteiger partial charge in [-0.05, 0) is 53.6 Å². The third kappa shape index (κ3) is 4.17. The molecule has 0 bridgehead atoms. The van der Waals surface area contributed by atoms with Crippen molar-refractivity contribution >= 4 is 11.7 Å². The molecular formula is C28H27N3O4. The number of ether oxygens (including phenoxy) is 3. The molecule has 0 aliphatic carbocycles. The van der Waals surface area contributed by atoms with E-state index in [2.05, 4.69) is 28.1 Å². The van der Waals surface area contributed by atoms with E-state index in [1.54, 1.807) is 39.5 Å². The average Bonchev–Trinajstić information content (AvgIpc) is 3.33. The van der Waals surface area contributed by atoms with Gasteiger partial charge in [0.05, 0.1) is 45.3 Å². The molecule has 0 unspecified atom stereocenters. The number of carbonyl (C=O) groups excluding carboxylic acids is 1. The van der Waals surface area contributed by atoms with Crippen LogP contribution in [0.3, 0.4) is 0 Å². The van der Waals surface area contributed by atoms with Crippen molar-refractivity contribution < 1.29 is 19.0 Å². The molecule has 35 heavy (non-hydrogen) atoms. The van der Waals surface area contributed by atoms with Gasteiger partial charge in [-0.3, -0.25) is 0 Å². The summed E-state index contributed by atoms with van der Waals surface area (Å²) < 4.78 is 18.4. The van der Waals surface area contributed by atoms with E-state index in [1.807, 2.05) is 53.6 Å². The van der Waals surface area contributed by atoms with E-state index in [1.165, 1.54) is 0 Å². The fraction of sp³-hybridized carbons (Fsp3) is 0.179. The molecular weight excluding hydrogens is 442 g/mol. The normalized spacial score (nSPS) is 14.4. The Labute approximate surface area is 204 Å². The van der Waals surface area contributed by atoms with E-state index in [4.69, 9.17) is 14.2 Å². The van der Waals surface area contributed by atoms with Crippen molar-refractivity contribution in [2.24, 2.45) is 0 Å². The van der Waals surface area contributed by atoms with Crippen molar-refractivity contribution in [3.63, 3.8) is 0 Å². The van der Waals surface area contributed by atoms with Crippen LogP contribution in [0.5, 0.6) is 17.2 Å². The molecule has 1 atom stereocenters. The van der Waals surface area contributed by atoms with Crippen LogP contribution in [0.2, 0.25) is 0 Å². The molecule has 4 aromatic rings. The number of urea groups is 1. The summed E-state index contributed by atoms with van der Waals surface area (Å²) in [7, 11) is 4.81. The van der Waals surface area contributed by atoms with Gasteiger partial charge in [0.15, 0.2) is 0 Å². The van der Waals surface area contributed by atoms with Crippen LogP contribution in [0.1, 0.15) is 22.9 Å². The number of hydrogen-bond donors (Lipinski definition) is 1. The third-order valence-electron chi connectivity index (χ3n) is 6.30. The number of nitrogens with zero attached hydrogens (tertiary/aromatic N) is 2. The number of para-hydroxylation sites is 1. The van der Waals surface area contributed by atoms with Crippen molar-refractivity contribution in [1.82, 2.24) is 9.47 Å². The predicted molar refractivity (Wildman–Crippen MR) is 135 cm³/mol. The molecule has 0 spiro atoms. The standard InChI is InChI=1S/C28H27N3O4/c1-33-21-12-10-19(11-13-21)27-25-9-6-16-30(25)24-8-5-4-7-20(24)18-31(27)28(32)29-23-17-22(34-2)14-15-26(23)35-3/h4-17,27H,18H2,1-3H3,(H,29,32)/t27-/m0/s1. The summed E-state index contributed by atoms with van der Waals surface area (Å²) in [6.45, 7) is 0.423. The molecule has 2 heterocycles. The highest BCUT2D eigenvalue weighted by atomic mass is 16.5. The second kappa shape index (κ2) is 9.46. The highest BCUT2D eigenvalue weighted by molar-refractivity contribution is 5.92. The number of amides is 2. The molecule has 0 fully saturated rings. The van der Waals surface area contributed by atoms with Crippen LogP contribution < -0.4 is 19.5 Å². The number of aromatic nitrogens is 1. The van der Waals surface area contributed by atoms with Crippen molar-refractivity contribution in [3.05, 3.63) is 102 Å². The lowest BCUT2D eigenvalue weighted by atomic mass is 10.0. The van der Waals surface area contributed by atoms with Gasteiger partial charge in [-0.25, -0.2) is 4.79 Å². The van der Waals surface area contributed by atoms with Crippen molar-refractivity contribution in [1.29, 1.82) is 0 Å². The van der Waals surface area contributed by atoms with Gasteiger partial charge in [-0.2, -0.15) is 0 Å². The zero-order valence-electron chi connectivity index (χ0n) is 19.9. The molecule has 1 N–H and O–H groups in total. The lowest BCUT2D eigenvalue weighted by molar-refractivity contribution is 0.194. The van der Waals surface area contributed by atoms with Crippen molar-refractivity contribution in [3.8, 4) is 22.9 Å². The Morgan fingerprint density at radius 3 is 2.34 bits per heavy atom. The van der Waals surface area contributed by atoms with Crippen LogP contribution in [0.4, 0.5) is 10.5 Å². The van der Waals surface area contributed by atoms with Gasteiger partial charge in [0.25, 0.3) is 0 Å². The van der Waals surface area contributed by atoms with Gasteiger partial charge in [-0.15, -0.1) is 0 Å². The molecule has 0 saturated carbocycles. The Balaban J connectivity index is 1.61. The topological polar surface area (TPSA) is 65.0 Å². The van der Waals surface area contributed by atoms with E-state index >= 15 is 0 Å². The first kappa shape index (κ1) is 22.4. The highest BCUT2D eigenvalue weighted by Crippen LogP contribution is 2.38. The number of methoxy groups -OCH3 is 3. The Kier molecular flexibility index (Phi) is 6.06. The summed E-state index contributed by atoms with van der Waals surface area (Å²) in [6, 6.07) is 24.8. The van der Waals surface area contributed by atoms with Gasteiger partial charge in [-0.1, -0.05) is 30.3 Å². The molecule has 7 heteroatoms. The summed E-state index contributed by atoms with van der Waals surface area (Å²) in [6.07, 6.45) is 2.04. The number of nitrogens with one attached hydrogen (secondary N) is 1. The summed E-state index contributed by atoms with van der Waals surface area (Å²) in [5.41, 5.74) is 4.62. The second-order valence-corrected chi connectivity index (χ2v) is 8.23. The average molecular weight is 470 g/mol. The molecule has 1 aromatic heterocycles. The van der Waals surface area contributed by atoms with E-state index < -0.39 is 0 Å². The van der Waals surface area contributed by atoms with Gasteiger partial charge >= 0.3 is 6.03 Å². The monoisotopic (exact) mass is 469 g/mol. The van der Waals surface area contributed by atoms with E-state index in [-0.39, 0.29) is 12.1 Å². The summed E-state index contributed by atoms with van der Waals surface area (Å²) in [4.78, 5) is 15.8. The van der Waals surface area contributed by atoms with Gasteiger partial charge in [0.1, 0.15) is 17.2 Å². The fourth-order valence-electron chi connectivity index (χ4n) is 4.58. The summed E-state index contributed by atoms with van der Waals surface area (Å²) in [5.74, 6) is 1.94. The first-order valence-electron chi connectivity index (χ1n) is 11.3. The predicted octanol–water partition coefficient (Wildman–Crippen LogP) is 5.64. The van der Waals surface area contributed by atoms with E-state index in [0.717, 1.165) is 28.3 Å². The number of benzene rings is 3. The van der Waals surface area contributed by atoms with Crippen LogP contribution in [-0.2, 0) is 6.54 Å². The van der Waals surface area contributed by atoms with Crippen LogP contribution in [0.25, 0.3) is 5.69 Å². The summed E-state index contributed by atoms with van der Waals surface area (Å²) >= 11 is 0. The first-order valence-corrected chi connectivity index (χ1v) is 11.3. The molecule has 7 nitrogen and oxygen atoms in total. The first-order chi connectivity index (χ1) is 17.1. The Morgan fingerprint density at radius 2 is 1.60 bits per heavy atom. The van der Waals surface area contributed by atoms with Crippen LogP contribution in [-0.4, -0.2) is 36.8 Å². The van der Waals surface area contributed by atoms with Crippen LogP contribution >= 0.6 is 0 Å². The Hall–Kier alpha value is -4.39. The molecule has 0 saturated heterocycles. The third-order valence-corrected chi connectivity index (χ3v) is 6.30. The van der Waals surface area contributed by atoms with Crippen molar-refractivity contribution in [2.75, 3.05) is 26.6 Å². The second-order valence-electron chi connectivity index (χ2n) is 8.23. The minimum Gasteiger partial charge on any atom is -0.497 e. The van der Waals surface area contributed by atoms with Gasteiger partial charge < -0.3 is 29.0 Å². The van der Waals surface area contributed by atoms with Crippen LogP contribution in [0, 0.1) is 0 Å². The lowest BCUT2D eigenvalue weighted by Crippen LogP contribution is -2.38. The SMILES string of the molecule is COc1ccc([C@H]2c3cccn3-c3ccccc3CN2C(=O)Nc2cc(OC)ccc2OC)cc1. The largest absolute Gasteiger partial charge is 0.497 e. The smallest absolute Gasteiger partial charge is 0.323 e. The zero-order valence-corrected chi connectivity index (χ0v) is 19.9. The quantitative estimate of drug-likeness (QED) is 0.411. The highest BCUT2D eigenvalue weighted by Gasteiger charge is 2.33. The maximum Gasteiger partial charge on any atom is 0.323 e. The van der Waals surface area contributed by atoms with Crippen LogP contribution in [0.15, 0.2) is 85.1 Å². The maximum atomic E-state index is 13.9. The van der Waals surface area contributed by atoms with Crippen molar-refractivity contribution in [2.45, 2.75) is 12.6 Å². The number of fused-ring (bicyclic) bond motifs is 3. The molecule has 3 aromatic carbocycles. The van der Waals surface area contributed by atoms with E-state index in [9.17, 15) is 4.79 Å². The molecule has 1 aliphatic heterocycles. The Bertz CT molecular complexity index is 1350. The lowest BCUT2D eigenvalue weighted by Gasteiger charge is -2.31. The molecule has 5 rings (SSSR count). The fourth-order valence-corrected chi connectivity index (χ4v) is 4.58.